The van der Waals surface area contributed by atoms with Crippen LogP contribution >= 0.6 is 27.3 Å². The van der Waals surface area contributed by atoms with Gasteiger partial charge in [-0.3, -0.25) is 0 Å². The van der Waals surface area contributed by atoms with Crippen LogP contribution in [0.25, 0.3) is 15.9 Å². The normalized spacial score (nSPS) is 12.0. The molecule has 5 aromatic rings. The molecular formula is C21H16BrN5O2S2. The first-order chi connectivity index (χ1) is 14.8. The molecule has 0 amide bonds. The summed E-state index contributed by atoms with van der Waals surface area (Å²) in [5.41, 5.74) is 4.06. The van der Waals surface area contributed by atoms with Gasteiger partial charge in [0.05, 0.1) is 15.1 Å². The number of anilines is 2. The third-order valence-electron chi connectivity index (χ3n) is 4.94. The minimum Gasteiger partial charge on any atom is -0.339 e. The number of halogens is 1. The van der Waals surface area contributed by atoms with Gasteiger partial charge in [0.2, 0.25) is 14.9 Å². The number of thiophene rings is 1. The van der Waals surface area contributed by atoms with Crippen molar-refractivity contribution in [1.82, 2.24) is 19.8 Å². The molecule has 10 heteroatoms. The highest BCUT2D eigenvalue weighted by atomic mass is 79.9. The lowest BCUT2D eigenvalue weighted by molar-refractivity contribution is 0.592. The SMILES string of the molecule is Cc1ccc(Nc2nc3c(S(=O)(=O)c4ccc(Br)cc4)nnn3c3ccsc23)c(C)c1. The largest absolute Gasteiger partial charge is 0.339 e. The first-order valence-electron chi connectivity index (χ1n) is 9.32. The molecular weight excluding hydrogens is 498 g/mol. The lowest BCUT2D eigenvalue weighted by Crippen LogP contribution is -2.05. The first-order valence-corrected chi connectivity index (χ1v) is 12.5. The van der Waals surface area contributed by atoms with Crippen molar-refractivity contribution in [3.8, 4) is 0 Å². The van der Waals surface area contributed by atoms with Crippen LogP contribution in [0.1, 0.15) is 11.1 Å². The fraction of sp³-hybridized carbons (Fsp3) is 0.0952. The second-order valence-corrected chi connectivity index (χ2v) is 10.8. The second-order valence-electron chi connectivity index (χ2n) is 7.13. The Morgan fingerprint density at radius 1 is 1.06 bits per heavy atom. The van der Waals surface area contributed by atoms with E-state index in [-0.39, 0.29) is 15.6 Å². The van der Waals surface area contributed by atoms with Crippen molar-refractivity contribution < 1.29 is 8.42 Å². The Morgan fingerprint density at radius 3 is 2.58 bits per heavy atom. The molecule has 0 atom stereocenters. The Morgan fingerprint density at radius 2 is 1.84 bits per heavy atom. The van der Waals surface area contributed by atoms with Gasteiger partial charge in [0.1, 0.15) is 0 Å². The minimum absolute atomic E-state index is 0.134. The number of nitrogens with one attached hydrogen (secondary N) is 1. The van der Waals surface area contributed by atoms with Gasteiger partial charge in [-0.25, -0.2) is 13.4 Å². The van der Waals surface area contributed by atoms with Crippen molar-refractivity contribution in [3.63, 3.8) is 0 Å². The summed E-state index contributed by atoms with van der Waals surface area (Å²) in [6.45, 7) is 4.05. The summed E-state index contributed by atoms with van der Waals surface area (Å²) in [6, 6.07) is 14.4. The van der Waals surface area contributed by atoms with Crippen LogP contribution in [0.2, 0.25) is 0 Å². The average Bonchev–Trinajstić information content (AvgIpc) is 3.37. The van der Waals surface area contributed by atoms with E-state index < -0.39 is 9.84 Å². The van der Waals surface area contributed by atoms with Crippen LogP contribution in [0.5, 0.6) is 0 Å². The quantitative estimate of drug-likeness (QED) is 0.351. The van der Waals surface area contributed by atoms with E-state index in [0.29, 0.717) is 5.82 Å². The topological polar surface area (TPSA) is 89.2 Å². The summed E-state index contributed by atoms with van der Waals surface area (Å²) < 4.78 is 29.7. The molecule has 0 radical (unpaired) electrons. The van der Waals surface area contributed by atoms with Crippen molar-refractivity contribution in [1.29, 1.82) is 0 Å². The fourth-order valence-corrected chi connectivity index (χ4v) is 5.70. The molecule has 5 rings (SSSR count). The summed E-state index contributed by atoms with van der Waals surface area (Å²) in [5, 5.41) is 13.2. The Hall–Kier alpha value is -2.82. The highest BCUT2D eigenvalue weighted by Gasteiger charge is 2.27. The summed E-state index contributed by atoms with van der Waals surface area (Å²) in [4.78, 5) is 4.79. The molecule has 1 N–H and O–H groups in total. The third-order valence-corrected chi connectivity index (χ3v) is 8.04. The van der Waals surface area contributed by atoms with E-state index in [1.54, 1.807) is 12.1 Å². The fourth-order valence-electron chi connectivity index (χ4n) is 3.39. The molecule has 0 saturated carbocycles. The Bertz CT molecular complexity index is 1560. The predicted molar refractivity (Wildman–Crippen MR) is 125 cm³/mol. The van der Waals surface area contributed by atoms with E-state index in [1.165, 1.54) is 28.0 Å². The van der Waals surface area contributed by atoms with Crippen molar-refractivity contribution in [2.24, 2.45) is 0 Å². The van der Waals surface area contributed by atoms with Gasteiger partial charge in [0.25, 0.3) is 0 Å². The van der Waals surface area contributed by atoms with Crippen LogP contribution in [0.15, 0.2) is 68.3 Å². The lowest BCUT2D eigenvalue weighted by atomic mass is 10.1. The van der Waals surface area contributed by atoms with Gasteiger partial charge in [-0.1, -0.05) is 38.8 Å². The molecule has 7 nitrogen and oxygen atoms in total. The van der Waals surface area contributed by atoms with Crippen LogP contribution < -0.4 is 5.32 Å². The number of sulfone groups is 1. The average molecular weight is 514 g/mol. The molecule has 31 heavy (non-hydrogen) atoms. The molecule has 0 aliphatic heterocycles. The molecule has 0 saturated heterocycles. The molecule has 0 unspecified atom stereocenters. The van der Waals surface area contributed by atoms with Crippen molar-refractivity contribution in [2.45, 2.75) is 23.8 Å². The van der Waals surface area contributed by atoms with E-state index in [2.05, 4.69) is 42.6 Å². The van der Waals surface area contributed by atoms with Crippen LogP contribution in [0.3, 0.4) is 0 Å². The first kappa shape index (κ1) is 20.1. The molecule has 156 valence electrons. The summed E-state index contributed by atoms with van der Waals surface area (Å²) in [5.74, 6) is 0.569. The minimum atomic E-state index is -3.90. The molecule has 3 heterocycles. The number of rotatable bonds is 4. The molecule has 0 fully saturated rings. The van der Waals surface area contributed by atoms with Crippen molar-refractivity contribution >= 4 is 64.5 Å². The number of aryl methyl sites for hydroxylation is 2. The Kier molecular flexibility index (Phi) is 4.80. The van der Waals surface area contributed by atoms with Crippen LogP contribution in [0.4, 0.5) is 11.5 Å². The molecule has 0 aliphatic rings. The van der Waals surface area contributed by atoms with Gasteiger partial charge in [-0.15, -0.1) is 16.4 Å². The number of fused-ring (bicyclic) bond motifs is 3. The predicted octanol–water partition coefficient (Wildman–Crippen LogP) is 5.29. The number of hydrogen-bond donors (Lipinski definition) is 1. The molecule has 0 bridgehead atoms. The van der Waals surface area contributed by atoms with Gasteiger partial charge in [0, 0.05) is 10.2 Å². The summed E-state index contributed by atoms with van der Waals surface area (Å²) >= 11 is 4.83. The zero-order valence-electron chi connectivity index (χ0n) is 16.5. The monoisotopic (exact) mass is 513 g/mol. The molecule has 2 aromatic carbocycles. The standard InChI is InChI=1S/C21H16BrN5O2S2/c1-12-3-8-16(13(2)11-12)23-19-18-17(9-10-30-18)27-20(24-19)21(25-26-27)31(28,29)15-6-4-14(22)5-7-15/h3-11H,1-2H3,(H,23,24). The van der Waals surface area contributed by atoms with Crippen LogP contribution in [0, 0.1) is 13.8 Å². The zero-order valence-corrected chi connectivity index (χ0v) is 19.7. The van der Waals surface area contributed by atoms with Crippen molar-refractivity contribution in [3.05, 3.63) is 69.5 Å². The third kappa shape index (κ3) is 3.40. The van der Waals surface area contributed by atoms with Gasteiger partial charge in [0.15, 0.2) is 11.5 Å². The van der Waals surface area contributed by atoms with E-state index in [4.69, 9.17) is 0 Å². The summed E-state index contributed by atoms with van der Waals surface area (Å²) in [6.07, 6.45) is 0. The maximum absolute atomic E-state index is 13.3. The van der Waals surface area contributed by atoms with Crippen molar-refractivity contribution in [2.75, 3.05) is 5.32 Å². The molecule has 0 spiro atoms. The highest BCUT2D eigenvalue weighted by molar-refractivity contribution is 9.10. The summed E-state index contributed by atoms with van der Waals surface area (Å²) in [7, 11) is -3.90. The molecule has 3 aromatic heterocycles. The highest BCUT2D eigenvalue weighted by Crippen LogP contribution is 2.33. The van der Waals surface area contributed by atoms with E-state index >= 15 is 0 Å². The van der Waals surface area contributed by atoms with Gasteiger partial charge < -0.3 is 5.32 Å². The van der Waals surface area contributed by atoms with Crippen LogP contribution in [-0.4, -0.2) is 28.2 Å². The Balaban J connectivity index is 1.71. The van der Waals surface area contributed by atoms with Crippen LogP contribution in [-0.2, 0) is 9.84 Å². The Labute approximate surface area is 190 Å². The smallest absolute Gasteiger partial charge is 0.229 e. The van der Waals surface area contributed by atoms with E-state index in [9.17, 15) is 8.42 Å². The number of hydrogen-bond acceptors (Lipinski definition) is 7. The molecule has 0 aliphatic carbocycles. The number of nitrogens with zero attached hydrogens (tertiary/aromatic N) is 4. The van der Waals surface area contributed by atoms with E-state index in [0.717, 1.165) is 31.5 Å². The van der Waals surface area contributed by atoms with E-state index in [1.807, 2.05) is 37.4 Å². The number of aromatic nitrogens is 4. The van der Waals surface area contributed by atoms with Gasteiger partial charge >= 0.3 is 0 Å². The van der Waals surface area contributed by atoms with Gasteiger partial charge in [-0.2, -0.15) is 4.52 Å². The number of benzene rings is 2. The lowest BCUT2D eigenvalue weighted by Gasteiger charge is -2.11. The van der Waals surface area contributed by atoms with Gasteiger partial charge in [-0.05, 0) is 61.2 Å². The zero-order chi connectivity index (χ0) is 21.8. The maximum Gasteiger partial charge on any atom is 0.229 e. The maximum atomic E-state index is 13.3. The second kappa shape index (κ2) is 7.40.